The van der Waals surface area contributed by atoms with Crippen molar-refractivity contribution in [1.29, 1.82) is 0 Å². The van der Waals surface area contributed by atoms with Crippen LogP contribution < -0.4 is 5.73 Å². The number of rotatable bonds is 5. The molecule has 0 amide bonds. The zero-order valence-corrected chi connectivity index (χ0v) is 13.5. The first kappa shape index (κ1) is 15.1. The van der Waals surface area contributed by atoms with E-state index in [9.17, 15) is 0 Å². The summed E-state index contributed by atoms with van der Waals surface area (Å²) in [4.78, 5) is 13.3. The molecule has 4 nitrogen and oxygen atoms in total. The highest BCUT2D eigenvalue weighted by atomic mass is 32.2. The van der Waals surface area contributed by atoms with Crippen LogP contribution in [0.15, 0.2) is 34.6 Å². The normalized spacial score (nSPS) is 12.3. The Morgan fingerprint density at radius 2 is 2.10 bits per heavy atom. The quantitative estimate of drug-likeness (QED) is 0.516. The first-order valence-corrected chi connectivity index (χ1v) is 8.50. The van der Waals surface area contributed by atoms with E-state index in [1.165, 1.54) is 5.56 Å². The average Bonchev–Trinajstić information content (AvgIpc) is 2.44. The summed E-state index contributed by atoms with van der Waals surface area (Å²) < 4.78 is 0. The van der Waals surface area contributed by atoms with Gasteiger partial charge in [0.2, 0.25) is 0 Å². The summed E-state index contributed by atoms with van der Waals surface area (Å²) >= 11 is 3.19. The van der Waals surface area contributed by atoms with Gasteiger partial charge in [-0.2, -0.15) is 0 Å². The van der Waals surface area contributed by atoms with Gasteiger partial charge in [0.15, 0.2) is 5.16 Å². The number of nitrogen functional groups attached to an aromatic ring is 1. The van der Waals surface area contributed by atoms with Crippen LogP contribution in [0.1, 0.15) is 29.9 Å². The lowest BCUT2D eigenvalue weighted by molar-refractivity contribution is 0.834. The van der Waals surface area contributed by atoms with Crippen LogP contribution >= 0.6 is 23.5 Å². The molecule has 106 valence electrons. The number of nitrogens with two attached hydrogens (primary N) is 1. The van der Waals surface area contributed by atoms with Crippen molar-refractivity contribution in [2.75, 3.05) is 12.0 Å². The molecule has 1 atom stereocenters. The Kier molecular flexibility index (Phi) is 5.25. The molecule has 0 radical (unpaired) electrons. The van der Waals surface area contributed by atoms with Crippen LogP contribution in [0.4, 0.5) is 5.82 Å². The van der Waals surface area contributed by atoms with Crippen molar-refractivity contribution in [1.82, 2.24) is 15.0 Å². The SMILES string of the molecule is CCC(Sc1nc(N)cc(SC)n1)c1cc(C)ccn1. The van der Waals surface area contributed by atoms with Gasteiger partial charge in [-0.3, -0.25) is 4.98 Å². The molecule has 0 spiro atoms. The summed E-state index contributed by atoms with van der Waals surface area (Å²) in [6, 6.07) is 5.91. The van der Waals surface area contributed by atoms with Crippen LogP contribution in [-0.4, -0.2) is 21.2 Å². The number of anilines is 1. The minimum Gasteiger partial charge on any atom is -0.384 e. The molecule has 0 saturated carbocycles. The highest BCUT2D eigenvalue weighted by molar-refractivity contribution is 7.99. The van der Waals surface area contributed by atoms with E-state index in [0.717, 1.165) is 17.1 Å². The van der Waals surface area contributed by atoms with Crippen molar-refractivity contribution in [2.45, 2.75) is 35.7 Å². The molecule has 2 heterocycles. The molecular formula is C14H18N4S2. The van der Waals surface area contributed by atoms with Crippen molar-refractivity contribution >= 4 is 29.3 Å². The smallest absolute Gasteiger partial charge is 0.191 e. The molecule has 6 heteroatoms. The Morgan fingerprint density at radius 1 is 1.30 bits per heavy atom. The number of hydrogen-bond acceptors (Lipinski definition) is 6. The first-order chi connectivity index (χ1) is 9.62. The molecule has 20 heavy (non-hydrogen) atoms. The number of pyridine rings is 1. The summed E-state index contributed by atoms with van der Waals surface area (Å²) in [5.41, 5.74) is 8.10. The number of nitrogens with zero attached hydrogens (tertiary/aromatic N) is 3. The van der Waals surface area contributed by atoms with Crippen molar-refractivity contribution < 1.29 is 0 Å². The van der Waals surface area contributed by atoms with Crippen molar-refractivity contribution in [3.63, 3.8) is 0 Å². The van der Waals surface area contributed by atoms with Gasteiger partial charge < -0.3 is 5.73 Å². The third-order valence-corrected chi connectivity index (χ3v) is 4.68. The van der Waals surface area contributed by atoms with Crippen LogP contribution in [0.2, 0.25) is 0 Å². The van der Waals surface area contributed by atoms with Crippen LogP contribution in [0.5, 0.6) is 0 Å². The molecule has 0 aliphatic carbocycles. The molecule has 2 N–H and O–H groups in total. The van der Waals surface area contributed by atoms with Gasteiger partial charge in [-0.25, -0.2) is 9.97 Å². The molecule has 0 aliphatic rings. The number of thioether (sulfide) groups is 2. The Balaban J connectivity index is 2.24. The second kappa shape index (κ2) is 6.95. The minimum atomic E-state index is 0.242. The van der Waals surface area contributed by atoms with Gasteiger partial charge in [-0.15, -0.1) is 11.8 Å². The molecule has 0 fully saturated rings. The third-order valence-electron chi connectivity index (χ3n) is 2.80. The molecule has 0 aliphatic heterocycles. The van der Waals surface area contributed by atoms with Crippen molar-refractivity contribution in [3.8, 4) is 0 Å². The predicted octanol–water partition coefficient (Wildman–Crippen LogP) is 3.73. The highest BCUT2D eigenvalue weighted by Gasteiger charge is 2.15. The standard InChI is InChI=1S/C14H18N4S2/c1-4-11(10-7-9(2)5-6-16-10)20-14-17-12(15)8-13(18-14)19-3/h5-8,11H,4H2,1-3H3,(H2,15,17,18). The van der Waals surface area contributed by atoms with E-state index in [1.807, 2.05) is 18.5 Å². The van der Waals surface area contributed by atoms with Gasteiger partial charge in [0.1, 0.15) is 10.8 Å². The van der Waals surface area contributed by atoms with Crippen molar-refractivity contribution in [3.05, 3.63) is 35.7 Å². The molecule has 2 aromatic rings. The van der Waals surface area contributed by atoms with E-state index in [0.29, 0.717) is 11.0 Å². The second-order valence-corrected chi connectivity index (χ2v) is 6.39. The first-order valence-electron chi connectivity index (χ1n) is 6.40. The fourth-order valence-electron chi connectivity index (χ4n) is 1.79. The fraction of sp³-hybridized carbons (Fsp3) is 0.357. The molecule has 0 aromatic carbocycles. The maximum absolute atomic E-state index is 5.82. The minimum absolute atomic E-state index is 0.242. The maximum atomic E-state index is 5.82. The van der Waals surface area contributed by atoms with Crippen LogP contribution in [-0.2, 0) is 0 Å². The van der Waals surface area contributed by atoms with Gasteiger partial charge in [0.05, 0.1) is 10.9 Å². The average molecular weight is 306 g/mol. The number of hydrogen-bond donors (Lipinski definition) is 1. The van der Waals surface area contributed by atoms with Crippen LogP contribution in [0, 0.1) is 6.92 Å². The lowest BCUT2D eigenvalue weighted by Crippen LogP contribution is -2.01. The lowest BCUT2D eigenvalue weighted by atomic mass is 10.2. The van der Waals surface area contributed by atoms with Gasteiger partial charge in [-0.05, 0) is 37.3 Å². The molecule has 1 unspecified atom stereocenters. The van der Waals surface area contributed by atoms with Gasteiger partial charge >= 0.3 is 0 Å². The molecule has 2 rings (SSSR count). The second-order valence-electron chi connectivity index (χ2n) is 4.39. The monoisotopic (exact) mass is 306 g/mol. The van der Waals surface area contributed by atoms with Gasteiger partial charge in [0, 0.05) is 12.3 Å². The Morgan fingerprint density at radius 3 is 2.75 bits per heavy atom. The van der Waals surface area contributed by atoms with Gasteiger partial charge in [-0.1, -0.05) is 18.7 Å². The van der Waals surface area contributed by atoms with E-state index < -0.39 is 0 Å². The van der Waals surface area contributed by atoms with E-state index in [1.54, 1.807) is 29.6 Å². The number of aryl methyl sites for hydroxylation is 1. The van der Waals surface area contributed by atoms with Crippen LogP contribution in [0.25, 0.3) is 0 Å². The lowest BCUT2D eigenvalue weighted by Gasteiger charge is -2.14. The summed E-state index contributed by atoms with van der Waals surface area (Å²) in [6.07, 6.45) is 4.80. The molecule has 2 aromatic heterocycles. The Hall–Kier alpha value is -1.27. The Labute approximate surface area is 128 Å². The van der Waals surface area contributed by atoms with E-state index in [-0.39, 0.29) is 5.25 Å². The van der Waals surface area contributed by atoms with E-state index in [2.05, 4.69) is 34.9 Å². The molecular weight excluding hydrogens is 288 g/mol. The van der Waals surface area contributed by atoms with Gasteiger partial charge in [0.25, 0.3) is 0 Å². The van der Waals surface area contributed by atoms with E-state index in [4.69, 9.17) is 5.73 Å². The fourth-order valence-corrected chi connectivity index (χ4v) is 3.25. The molecule has 0 bridgehead atoms. The molecule has 0 saturated heterocycles. The zero-order valence-electron chi connectivity index (χ0n) is 11.8. The largest absolute Gasteiger partial charge is 0.384 e. The van der Waals surface area contributed by atoms with Crippen molar-refractivity contribution in [2.24, 2.45) is 0 Å². The predicted molar refractivity (Wildman–Crippen MR) is 86.1 cm³/mol. The van der Waals surface area contributed by atoms with E-state index >= 15 is 0 Å². The summed E-state index contributed by atoms with van der Waals surface area (Å²) in [6.45, 7) is 4.22. The maximum Gasteiger partial charge on any atom is 0.191 e. The van der Waals surface area contributed by atoms with Crippen LogP contribution in [0.3, 0.4) is 0 Å². The Bertz CT molecular complexity index is 589. The number of aromatic nitrogens is 3. The highest BCUT2D eigenvalue weighted by Crippen LogP contribution is 2.36. The third kappa shape index (κ3) is 3.86. The topological polar surface area (TPSA) is 64.7 Å². The summed E-state index contributed by atoms with van der Waals surface area (Å²) in [5.74, 6) is 0.513. The zero-order chi connectivity index (χ0) is 14.5. The summed E-state index contributed by atoms with van der Waals surface area (Å²) in [7, 11) is 0. The summed E-state index contributed by atoms with van der Waals surface area (Å²) in [5, 5.41) is 1.85.